The summed E-state index contributed by atoms with van der Waals surface area (Å²) in [4.78, 5) is 11.1. The average Bonchev–Trinajstić information content (AvgIpc) is 2.03. The van der Waals surface area contributed by atoms with E-state index >= 15 is 0 Å². The Morgan fingerprint density at radius 2 is 1.75 bits per heavy atom. The summed E-state index contributed by atoms with van der Waals surface area (Å²) in [5.41, 5.74) is 0. The van der Waals surface area contributed by atoms with Crippen molar-refractivity contribution in [1.29, 1.82) is 0 Å². The molecular weight excluding hydrogens is 160 g/mol. The quantitative estimate of drug-likeness (QED) is 0.556. The fourth-order valence-corrected chi connectivity index (χ4v) is 0.676. The number of hydrogen-bond acceptors (Lipinski definition) is 4. The maximum Gasteiger partial charge on any atom is 0.219 e. The number of ether oxygens (including phenoxy) is 3. The first kappa shape index (κ1) is 11.6. The van der Waals surface area contributed by atoms with Crippen LogP contribution in [0.3, 0.4) is 0 Å². The standard InChI is InChI=1S/C8H16O4/c1-6(2)12-5-7(9)8(10-3)11-4/h6,8H,5H2,1-4H3. The van der Waals surface area contributed by atoms with Crippen molar-refractivity contribution in [3.63, 3.8) is 0 Å². The van der Waals surface area contributed by atoms with Crippen molar-refractivity contribution in [2.24, 2.45) is 0 Å². The molecule has 4 nitrogen and oxygen atoms in total. The Hall–Kier alpha value is -0.450. The van der Waals surface area contributed by atoms with Gasteiger partial charge in [0.15, 0.2) is 0 Å². The summed E-state index contributed by atoms with van der Waals surface area (Å²) < 4.78 is 14.6. The van der Waals surface area contributed by atoms with Crippen LogP contribution < -0.4 is 0 Å². The van der Waals surface area contributed by atoms with Gasteiger partial charge in [-0.25, -0.2) is 0 Å². The van der Waals surface area contributed by atoms with Gasteiger partial charge in [0.05, 0.1) is 6.10 Å². The number of carbonyl (C=O) groups excluding carboxylic acids is 1. The lowest BCUT2D eigenvalue weighted by Crippen LogP contribution is -2.29. The Balaban J connectivity index is 3.69. The largest absolute Gasteiger partial charge is 0.371 e. The van der Waals surface area contributed by atoms with E-state index in [2.05, 4.69) is 0 Å². The molecule has 0 bridgehead atoms. The number of Topliss-reactive ketones (excluding diaryl/α,β-unsaturated/α-hetero) is 1. The minimum Gasteiger partial charge on any atom is -0.371 e. The predicted molar refractivity (Wildman–Crippen MR) is 43.9 cm³/mol. The lowest BCUT2D eigenvalue weighted by atomic mass is 10.4. The van der Waals surface area contributed by atoms with Gasteiger partial charge in [-0.15, -0.1) is 0 Å². The smallest absolute Gasteiger partial charge is 0.219 e. The first-order valence-electron chi connectivity index (χ1n) is 3.81. The number of ketones is 1. The van der Waals surface area contributed by atoms with Gasteiger partial charge < -0.3 is 14.2 Å². The van der Waals surface area contributed by atoms with E-state index in [-0.39, 0.29) is 18.5 Å². The molecule has 72 valence electrons. The number of methoxy groups -OCH3 is 2. The van der Waals surface area contributed by atoms with Crippen LogP contribution in [0.1, 0.15) is 13.8 Å². The normalized spacial score (nSPS) is 11.2. The molecule has 0 rings (SSSR count). The van der Waals surface area contributed by atoms with Crippen molar-refractivity contribution in [3.8, 4) is 0 Å². The van der Waals surface area contributed by atoms with E-state index < -0.39 is 6.29 Å². The third-order valence-electron chi connectivity index (χ3n) is 1.25. The molecule has 0 saturated carbocycles. The van der Waals surface area contributed by atoms with Crippen molar-refractivity contribution in [1.82, 2.24) is 0 Å². The molecule has 0 aromatic heterocycles. The van der Waals surface area contributed by atoms with Gasteiger partial charge >= 0.3 is 0 Å². The lowest BCUT2D eigenvalue weighted by Gasteiger charge is -2.13. The SMILES string of the molecule is COC(OC)C(=O)COC(C)C. The minimum absolute atomic E-state index is 0.0318. The molecule has 4 heteroatoms. The second kappa shape index (κ2) is 6.11. The van der Waals surface area contributed by atoms with Crippen LogP contribution in [0.5, 0.6) is 0 Å². The summed E-state index contributed by atoms with van der Waals surface area (Å²) in [5.74, 6) is -0.200. The van der Waals surface area contributed by atoms with Gasteiger partial charge in [0, 0.05) is 14.2 Å². The average molecular weight is 176 g/mol. The van der Waals surface area contributed by atoms with Crippen LogP contribution in [0.25, 0.3) is 0 Å². The fourth-order valence-electron chi connectivity index (χ4n) is 0.676. The van der Waals surface area contributed by atoms with Gasteiger partial charge in [-0.2, -0.15) is 0 Å². The predicted octanol–water partition coefficient (Wildman–Crippen LogP) is 0.599. The van der Waals surface area contributed by atoms with Crippen LogP contribution in [0.4, 0.5) is 0 Å². The molecule has 0 saturated heterocycles. The molecule has 0 radical (unpaired) electrons. The highest BCUT2D eigenvalue weighted by Gasteiger charge is 2.16. The van der Waals surface area contributed by atoms with E-state index in [4.69, 9.17) is 14.2 Å². The Bertz CT molecular complexity index is 129. The molecule has 0 unspecified atom stereocenters. The third kappa shape index (κ3) is 4.43. The van der Waals surface area contributed by atoms with Crippen LogP contribution >= 0.6 is 0 Å². The molecule has 0 aliphatic heterocycles. The zero-order valence-corrected chi connectivity index (χ0v) is 7.99. The molecule has 0 amide bonds. The zero-order chi connectivity index (χ0) is 9.56. The fraction of sp³-hybridized carbons (Fsp3) is 0.875. The van der Waals surface area contributed by atoms with Gasteiger partial charge in [0.2, 0.25) is 12.1 Å². The van der Waals surface area contributed by atoms with Crippen molar-refractivity contribution < 1.29 is 19.0 Å². The second-order valence-corrected chi connectivity index (χ2v) is 2.63. The highest BCUT2D eigenvalue weighted by atomic mass is 16.7. The highest BCUT2D eigenvalue weighted by molar-refractivity contribution is 5.83. The topological polar surface area (TPSA) is 44.8 Å². The Kier molecular flexibility index (Phi) is 5.88. The van der Waals surface area contributed by atoms with Gasteiger partial charge in [0.25, 0.3) is 0 Å². The van der Waals surface area contributed by atoms with Crippen molar-refractivity contribution in [3.05, 3.63) is 0 Å². The number of carbonyl (C=O) groups is 1. The molecule has 0 aromatic carbocycles. The number of rotatable bonds is 6. The second-order valence-electron chi connectivity index (χ2n) is 2.63. The summed E-state index contributed by atoms with van der Waals surface area (Å²) in [7, 11) is 2.84. The summed E-state index contributed by atoms with van der Waals surface area (Å²) in [6.45, 7) is 3.76. The monoisotopic (exact) mass is 176 g/mol. The van der Waals surface area contributed by atoms with E-state index in [1.54, 1.807) is 0 Å². The molecule has 0 heterocycles. The van der Waals surface area contributed by atoms with E-state index in [0.717, 1.165) is 0 Å². The molecule has 0 spiro atoms. The summed E-state index contributed by atoms with van der Waals surface area (Å²) >= 11 is 0. The Morgan fingerprint density at radius 3 is 2.08 bits per heavy atom. The molecule has 0 aromatic rings. The van der Waals surface area contributed by atoms with Crippen LogP contribution in [-0.2, 0) is 19.0 Å². The molecular formula is C8H16O4. The number of hydrogen-bond donors (Lipinski definition) is 0. The maximum absolute atomic E-state index is 11.1. The molecule has 0 aliphatic carbocycles. The summed E-state index contributed by atoms with van der Waals surface area (Å²) in [6.07, 6.45) is -0.757. The Labute approximate surface area is 72.8 Å². The van der Waals surface area contributed by atoms with Crippen LogP contribution in [0.15, 0.2) is 0 Å². The Morgan fingerprint density at radius 1 is 1.25 bits per heavy atom. The van der Waals surface area contributed by atoms with Gasteiger partial charge in [-0.1, -0.05) is 0 Å². The van der Waals surface area contributed by atoms with E-state index in [0.29, 0.717) is 0 Å². The molecule has 0 aliphatic rings. The van der Waals surface area contributed by atoms with Gasteiger partial charge in [0.1, 0.15) is 6.61 Å². The molecule has 0 atom stereocenters. The third-order valence-corrected chi connectivity index (χ3v) is 1.25. The molecule has 12 heavy (non-hydrogen) atoms. The highest BCUT2D eigenvalue weighted by Crippen LogP contribution is 1.95. The van der Waals surface area contributed by atoms with Crippen LogP contribution in [0.2, 0.25) is 0 Å². The molecule has 0 N–H and O–H groups in total. The van der Waals surface area contributed by atoms with E-state index in [1.807, 2.05) is 13.8 Å². The minimum atomic E-state index is -0.802. The summed E-state index contributed by atoms with van der Waals surface area (Å²) in [6, 6.07) is 0. The van der Waals surface area contributed by atoms with Gasteiger partial charge in [-0.3, -0.25) is 4.79 Å². The van der Waals surface area contributed by atoms with Crippen LogP contribution in [0, 0.1) is 0 Å². The van der Waals surface area contributed by atoms with E-state index in [1.165, 1.54) is 14.2 Å². The maximum atomic E-state index is 11.1. The van der Waals surface area contributed by atoms with Crippen molar-refractivity contribution in [2.75, 3.05) is 20.8 Å². The van der Waals surface area contributed by atoms with E-state index in [9.17, 15) is 4.79 Å². The van der Waals surface area contributed by atoms with Gasteiger partial charge in [-0.05, 0) is 13.8 Å². The zero-order valence-electron chi connectivity index (χ0n) is 7.99. The lowest BCUT2D eigenvalue weighted by molar-refractivity contribution is -0.162. The van der Waals surface area contributed by atoms with Crippen molar-refractivity contribution in [2.45, 2.75) is 26.2 Å². The van der Waals surface area contributed by atoms with Crippen molar-refractivity contribution >= 4 is 5.78 Å². The summed E-state index contributed by atoms with van der Waals surface area (Å²) in [5, 5.41) is 0. The first-order valence-corrected chi connectivity index (χ1v) is 3.81. The molecule has 0 fully saturated rings. The van der Waals surface area contributed by atoms with Crippen LogP contribution in [-0.4, -0.2) is 39.0 Å². The first-order chi connectivity index (χ1) is 5.61.